The average Bonchev–Trinajstić information content (AvgIpc) is 3.58. The number of fused-ring (bicyclic) bond motifs is 1. The van der Waals surface area contributed by atoms with E-state index in [1.807, 2.05) is 17.0 Å². The van der Waals surface area contributed by atoms with Crippen LogP contribution in [0.25, 0.3) is 10.8 Å². The quantitative estimate of drug-likeness (QED) is 0.791. The van der Waals surface area contributed by atoms with E-state index >= 15 is 0 Å². The van der Waals surface area contributed by atoms with Gasteiger partial charge in [-0.1, -0.05) is 31.5 Å². The van der Waals surface area contributed by atoms with Crippen molar-refractivity contribution in [2.24, 2.45) is 5.92 Å². The van der Waals surface area contributed by atoms with Crippen LogP contribution in [0.15, 0.2) is 29.1 Å². The predicted molar refractivity (Wildman–Crippen MR) is 106 cm³/mol. The molecule has 7 heteroatoms. The van der Waals surface area contributed by atoms with E-state index in [4.69, 9.17) is 0 Å². The number of carbonyl (C=O) groups excluding carboxylic acids is 2. The van der Waals surface area contributed by atoms with Crippen molar-refractivity contribution in [3.8, 4) is 0 Å². The molecule has 0 atom stereocenters. The van der Waals surface area contributed by atoms with Crippen LogP contribution in [0.5, 0.6) is 0 Å². The van der Waals surface area contributed by atoms with Crippen LogP contribution in [0.3, 0.4) is 0 Å². The maximum atomic E-state index is 13.2. The first kappa shape index (κ1) is 18.7. The summed E-state index contributed by atoms with van der Waals surface area (Å²) in [4.78, 5) is 41.8. The number of unbranched alkanes of at least 4 members (excludes halogenated alkanes) is 1. The third-order valence-electron chi connectivity index (χ3n) is 5.60. The number of rotatable bonds is 5. The van der Waals surface area contributed by atoms with Crippen LogP contribution < -0.4 is 5.56 Å². The molecule has 1 saturated carbocycles. The monoisotopic (exact) mass is 382 g/mol. The molecule has 148 valence electrons. The summed E-state index contributed by atoms with van der Waals surface area (Å²) in [6, 6.07) is 7.17. The van der Waals surface area contributed by atoms with Gasteiger partial charge in [0.2, 0.25) is 5.91 Å². The molecule has 1 aromatic heterocycles. The summed E-state index contributed by atoms with van der Waals surface area (Å²) in [7, 11) is 0. The van der Waals surface area contributed by atoms with E-state index in [0.29, 0.717) is 49.2 Å². The Morgan fingerprint density at radius 2 is 1.68 bits per heavy atom. The standard InChI is InChI=1S/C21H26N4O3/c1-2-3-10-25-20(27)17-7-5-4-6-16(17)18(22-25)21(28)24-13-11-23(12-14-24)19(26)15-8-9-15/h4-7,15H,2-3,8-14H2,1H3. The first-order chi connectivity index (χ1) is 13.6. The van der Waals surface area contributed by atoms with Gasteiger partial charge >= 0.3 is 0 Å². The van der Waals surface area contributed by atoms with E-state index in [-0.39, 0.29) is 23.3 Å². The molecule has 28 heavy (non-hydrogen) atoms. The highest BCUT2D eigenvalue weighted by atomic mass is 16.2. The molecule has 2 aliphatic rings. The lowest BCUT2D eigenvalue weighted by atomic mass is 10.1. The summed E-state index contributed by atoms with van der Waals surface area (Å²) < 4.78 is 1.42. The first-order valence-electron chi connectivity index (χ1n) is 10.2. The van der Waals surface area contributed by atoms with Crippen molar-refractivity contribution >= 4 is 22.6 Å². The fourth-order valence-corrected chi connectivity index (χ4v) is 3.72. The summed E-state index contributed by atoms with van der Waals surface area (Å²) in [6.45, 7) is 4.69. The highest BCUT2D eigenvalue weighted by molar-refractivity contribution is 6.04. The number of nitrogens with zero attached hydrogens (tertiary/aromatic N) is 4. The Balaban J connectivity index is 1.59. The lowest BCUT2D eigenvalue weighted by Gasteiger charge is -2.34. The molecule has 0 unspecified atom stereocenters. The molecule has 0 N–H and O–H groups in total. The van der Waals surface area contributed by atoms with Gasteiger partial charge in [-0.25, -0.2) is 4.68 Å². The molecule has 2 fully saturated rings. The molecule has 1 saturated heterocycles. The van der Waals surface area contributed by atoms with Crippen LogP contribution in [-0.2, 0) is 11.3 Å². The number of benzene rings is 1. The van der Waals surface area contributed by atoms with E-state index in [9.17, 15) is 14.4 Å². The van der Waals surface area contributed by atoms with Crippen molar-refractivity contribution in [3.05, 3.63) is 40.3 Å². The molecule has 2 heterocycles. The molecular formula is C21H26N4O3. The predicted octanol–water partition coefficient (Wildman–Crippen LogP) is 1.89. The van der Waals surface area contributed by atoms with Gasteiger partial charge in [-0.2, -0.15) is 5.10 Å². The molecule has 7 nitrogen and oxygen atoms in total. The Bertz CT molecular complexity index is 956. The third-order valence-corrected chi connectivity index (χ3v) is 5.60. The number of piperazine rings is 1. The Kier molecular flexibility index (Phi) is 5.15. The van der Waals surface area contributed by atoms with Crippen molar-refractivity contribution < 1.29 is 9.59 Å². The number of aryl methyl sites for hydroxylation is 1. The summed E-state index contributed by atoms with van der Waals surface area (Å²) in [5, 5.41) is 5.56. The molecule has 0 spiro atoms. The topological polar surface area (TPSA) is 75.5 Å². The zero-order chi connectivity index (χ0) is 19.7. The van der Waals surface area contributed by atoms with Gasteiger partial charge in [0.1, 0.15) is 0 Å². The molecule has 2 amide bonds. The molecule has 2 aromatic rings. The van der Waals surface area contributed by atoms with E-state index < -0.39 is 0 Å². The number of carbonyl (C=O) groups is 2. The SMILES string of the molecule is CCCCn1nc(C(=O)N2CCN(C(=O)C3CC3)CC2)c2ccccc2c1=O. The normalized spacial score (nSPS) is 17.2. The minimum Gasteiger partial charge on any atom is -0.339 e. The number of amides is 2. The van der Waals surface area contributed by atoms with Crippen LogP contribution in [-0.4, -0.2) is 57.6 Å². The van der Waals surface area contributed by atoms with Gasteiger partial charge in [-0.05, 0) is 25.3 Å². The Labute approximate surface area is 163 Å². The van der Waals surface area contributed by atoms with Crippen molar-refractivity contribution in [3.63, 3.8) is 0 Å². The zero-order valence-electron chi connectivity index (χ0n) is 16.3. The van der Waals surface area contributed by atoms with E-state index in [0.717, 1.165) is 25.7 Å². The highest BCUT2D eigenvalue weighted by Gasteiger charge is 2.35. The highest BCUT2D eigenvalue weighted by Crippen LogP contribution is 2.31. The van der Waals surface area contributed by atoms with Gasteiger partial charge in [0.05, 0.1) is 5.39 Å². The van der Waals surface area contributed by atoms with Crippen molar-refractivity contribution in [2.75, 3.05) is 26.2 Å². The lowest BCUT2D eigenvalue weighted by molar-refractivity contribution is -0.134. The Hall–Kier alpha value is -2.70. The number of aromatic nitrogens is 2. The van der Waals surface area contributed by atoms with Gasteiger partial charge in [-0.3, -0.25) is 14.4 Å². The fraction of sp³-hybridized carbons (Fsp3) is 0.524. The lowest BCUT2D eigenvalue weighted by Crippen LogP contribution is -2.51. The van der Waals surface area contributed by atoms with Crippen LogP contribution in [0.1, 0.15) is 43.1 Å². The van der Waals surface area contributed by atoms with Gasteiger partial charge in [0.25, 0.3) is 11.5 Å². The minimum atomic E-state index is -0.167. The summed E-state index contributed by atoms with van der Waals surface area (Å²) in [5.41, 5.74) is 0.175. The third kappa shape index (κ3) is 3.53. The molecular weight excluding hydrogens is 356 g/mol. The van der Waals surface area contributed by atoms with Crippen molar-refractivity contribution in [1.29, 1.82) is 0 Å². The number of hydrogen-bond acceptors (Lipinski definition) is 4. The molecule has 0 bridgehead atoms. The van der Waals surface area contributed by atoms with Gasteiger partial charge < -0.3 is 9.80 Å². The smallest absolute Gasteiger partial charge is 0.275 e. The second-order valence-corrected chi connectivity index (χ2v) is 7.67. The van der Waals surface area contributed by atoms with Crippen LogP contribution in [0.2, 0.25) is 0 Å². The summed E-state index contributed by atoms with van der Waals surface area (Å²) in [6.07, 6.45) is 3.77. The first-order valence-corrected chi connectivity index (χ1v) is 10.2. The van der Waals surface area contributed by atoms with Gasteiger partial charge in [0, 0.05) is 44.0 Å². The van der Waals surface area contributed by atoms with E-state index in [1.54, 1.807) is 17.0 Å². The Morgan fingerprint density at radius 1 is 1.04 bits per heavy atom. The average molecular weight is 382 g/mol. The molecule has 1 aliphatic heterocycles. The minimum absolute atomic E-state index is 0.152. The maximum Gasteiger partial charge on any atom is 0.275 e. The van der Waals surface area contributed by atoms with E-state index in [1.165, 1.54) is 4.68 Å². The van der Waals surface area contributed by atoms with Crippen LogP contribution >= 0.6 is 0 Å². The Morgan fingerprint density at radius 3 is 2.32 bits per heavy atom. The summed E-state index contributed by atoms with van der Waals surface area (Å²) in [5.74, 6) is 0.263. The molecule has 1 aliphatic carbocycles. The maximum absolute atomic E-state index is 13.2. The second-order valence-electron chi connectivity index (χ2n) is 7.67. The summed E-state index contributed by atoms with van der Waals surface area (Å²) >= 11 is 0. The fourth-order valence-electron chi connectivity index (χ4n) is 3.72. The van der Waals surface area contributed by atoms with Crippen LogP contribution in [0.4, 0.5) is 0 Å². The second kappa shape index (κ2) is 7.73. The molecule has 0 radical (unpaired) electrons. The largest absolute Gasteiger partial charge is 0.339 e. The van der Waals surface area contributed by atoms with Crippen molar-refractivity contribution in [2.45, 2.75) is 39.2 Å². The molecule has 1 aromatic carbocycles. The van der Waals surface area contributed by atoms with Gasteiger partial charge in [0.15, 0.2) is 5.69 Å². The van der Waals surface area contributed by atoms with Crippen LogP contribution in [0, 0.1) is 5.92 Å². The van der Waals surface area contributed by atoms with Gasteiger partial charge in [-0.15, -0.1) is 0 Å². The molecule has 4 rings (SSSR count). The van der Waals surface area contributed by atoms with Crippen molar-refractivity contribution in [1.82, 2.24) is 19.6 Å². The number of hydrogen-bond donors (Lipinski definition) is 0. The zero-order valence-corrected chi connectivity index (χ0v) is 16.3. The van der Waals surface area contributed by atoms with E-state index in [2.05, 4.69) is 12.0 Å².